The van der Waals surface area contributed by atoms with Gasteiger partial charge in [-0.15, -0.1) is 0 Å². The van der Waals surface area contributed by atoms with Gasteiger partial charge in [-0.3, -0.25) is 0 Å². The molecule has 0 saturated heterocycles. The quantitative estimate of drug-likeness (QED) is 0.702. The zero-order valence-corrected chi connectivity index (χ0v) is 15.9. The fourth-order valence-corrected chi connectivity index (χ4v) is 5.45. The molecule has 1 aromatic rings. The van der Waals surface area contributed by atoms with Crippen molar-refractivity contribution in [2.24, 2.45) is 22.7 Å². The molecule has 1 fully saturated rings. The molecule has 1 unspecified atom stereocenters. The van der Waals surface area contributed by atoms with E-state index in [2.05, 4.69) is 33.8 Å². The number of hydrogen-bond donors (Lipinski definition) is 1. The molecule has 0 aliphatic heterocycles. The Kier molecular flexibility index (Phi) is 4.44. The molecule has 2 aliphatic carbocycles. The highest BCUT2D eigenvalue weighted by molar-refractivity contribution is 5.37. The van der Waals surface area contributed by atoms with E-state index in [-0.39, 0.29) is 5.75 Å². The summed E-state index contributed by atoms with van der Waals surface area (Å²) in [5.74, 6) is 2.24. The van der Waals surface area contributed by atoms with Gasteiger partial charge >= 0.3 is 0 Å². The molecular weight excluding hydrogens is 296 g/mol. The van der Waals surface area contributed by atoms with E-state index in [9.17, 15) is 5.11 Å². The molecule has 0 radical (unpaired) electrons. The highest BCUT2D eigenvalue weighted by Crippen LogP contribution is 2.59. The number of phenols is 1. The molecule has 3 rings (SSSR count). The van der Waals surface area contributed by atoms with Gasteiger partial charge in [-0.2, -0.15) is 0 Å². The molecule has 24 heavy (non-hydrogen) atoms. The Balaban J connectivity index is 1.83. The Morgan fingerprint density at radius 3 is 2.58 bits per heavy atom. The van der Waals surface area contributed by atoms with Crippen LogP contribution in [0.25, 0.3) is 0 Å². The minimum Gasteiger partial charge on any atom is -0.508 e. The van der Waals surface area contributed by atoms with Gasteiger partial charge in [-0.25, -0.2) is 0 Å². The molecule has 0 bridgehead atoms. The van der Waals surface area contributed by atoms with Crippen LogP contribution in [-0.2, 0) is 0 Å². The molecule has 0 amide bonds. The summed E-state index contributed by atoms with van der Waals surface area (Å²) in [6, 6.07) is 5.49. The Hall–Kier alpha value is -1.44. The second kappa shape index (κ2) is 6.13. The average molecular weight is 328 g/mol. The van der Waals surface area contributed by atoms with Gasteiger partial charge in [0.15, 0.2) is 0 Å². The highest BCUT2D eigenvalue weighted by Gasteiger charge is 2.51. The topological polar surface area (TPSA) is 29.5 Å². The lowest BCUT2D eigenvalue weighted by Crippen LogP contribution is -2.50. The van der Waals surface area contributed by atoms with Crippen LogP contribution in [0.5, 0.6) is 11.5 Å². The number of allylic oxidation sites excluding steroid dienone is 1. The van der Waals surface area contributed by atoms with Crippen LogP contribution < -0.4 is 4.74 Å². The zero-order valence-electron chi connectivity index (χ0n) is 15.9. The second-order valence-electron chi connectivity index (χ2n) is 8.95. The summed E-state index contributed by atoms with van der Waals surface area (Å²) in [6.07, 6.45) is 7.59. The maximum atomic E-state index is 9.80. The molecule has 2 nitrogen and oxygen atoms in total. The van der Waals surface area contributed by atoms with Crippen LogP contribution in [0.3, 0.4) is 0 Å². The zero-order chi connectivity index (χ0) is 17.5. The summed E-state index contributed by atoms with van der Waals surface area (Å²) in [5, 5.41) is 9.80. The van der Waals surface area contributed by atoms with E-state index in [0.717, 1.165) is 17.2 Å². The van der Waals surface area contributed by atoms with Crippen LogP contribution in [-0.4, -0.2) is 11.7 Å². The van der Waals surface area contributed by atoms with Crippen molar-refractivity contribution >= 4 is 0 Å². The molecule has 0 aromatic heterocycles. The second-order valence-corrected chi connectivity index (χ2v) is 8.95. The molecule has 1 saturated carbocycles. The third kappa shape index (κ3) is 3.08. The van der Waals surface area contributed by atoms with Crippen LogP contribution in [0.1, 0.15) is 58.9 Å². The molecule has 132 valence electrons. The summed E-state index contributed by atoms with van der Waals surface area (Å²) in [5.41, 5.74) is 3.23. The summed E-state index contributed by atoms with van der Waals surface area (Å²) in [4.78, 5) is 0. The normalized spacial score (nSPS) is 32.0. The number of fused-ring (bicyclic) bond motifs is 1. The van der Waals surface area contributed by atoms with E-state index in [0.29, 0.717) is 23.4 Å². The van der Waals surface area contributed by atoms with Crippen molar-refractivity contribution in [2.45, 2.75) is 60.3 Å². The average Bonchev–Trinajstić information content (AvgIpc) is 2.44. The number of hydrogen-bond acceptors (Lipinski definition) is 2. The maximum Gasteiger partial charge on any atom is 0.123 e. The Bertz CT molecular complexity index is 623. The SMILES string of the molecule is CC1=CCC2C(C)(C)CCC[C@]2(C)[C@H]1COc1cc(C)cc(O)c1. The van der Waals surface area contributed by atoms with Gasteiger partial charge in [-0.05, 0) is 67.6 Å². The lowest BCUT2D eigenvalue weighted by atomic mass is 9.49. The maximum absolute atomic E-state index is 9.80. The van der Waals surface area contributed by atoms with Gasteiger partial charge < -0.3 is 9.84 Å². The van der Waals surface area contributed by atoms with E-state index < -0.39 is 0 Å². The van der Waals surface area contributed by atoms with E-state index in [1.54, 1.807) is 12.1 Å². The van der Waals surface area contributed by atoms with Gasteiger partial charge in [0, 0.05) is 12.0 Å². The molecule has 0 spiro atoms. The lowest BCUT2D eigenvalue weighted by molar-refractivity contribution is -0.0481. The number of benzene rings is 1. The molecular formula is C22H32O2. The largest absolute Gasteiger partial charge is 0.508 e. The van der Waals surface area contributed by atoms with Gasteiger partial charge in [0.1, 0.15) is 11.5 Å². The monoisotopic (exact) mass is 328 g/mol. The summed E-state index contributed by atoms with van der Waals surface area (Å²) >= 11 is 0. The minimum absolute atomic E-state index is 0.281. The van der Waals surface area contributed by atoms with Crippen molar-refractivity contribution in [3.8, 4) is 11.5 Å². The predicted molar refractivity (Wildman–Crippen MR) is 99.4 cm³/mol. The smallest absolute Gasteiger partial charge is 0.123 e. The molecule has 2 heteroatoms. The number of phenolic OH excluding ortho intramolecular Hbond substituents is 1. The van der Waals surface area contributed by atoms with Crippen molar-refractivity contribution in [3.63, 3.8) is 0 Å². The van der Waals surface area contributed by atoms with Crippen LogP contribution in [0.4, 0.5) is 0 Å². The number of ether oxygens (including phenoxy) is 1. The first-order valence-corrected chi connectivity index (χ1v) is 9.32. The number of aryl methyl sites for hydroxylation is 1. The van der Waals surface area contributed by atoms with E-state index in [1.807, 2.05) is 13.0 Å². The van der Waals surface area contributed by atoms with Crippen LogP contribution in [0, 0.1) is 29.6 Å². The van der Waals surface area contributed by atoms with Crippen molar-refractivity contribution in [1.82, 2.24) is 0 Å². The summed E-state index contributed by atoms with van der Waals surface area (Å²) in [7, 11) is 0. The summed E-state index contributed by atoms with van der Waals surface area (Å²) < 4.78 is 6.16. The van der Waals surface area contributed by atoms with Crippen LogP contribution >= 0.6 is 0 Å². The molecule has 2 aliphatic rings. The first-order valence-electron chi connectivity index (χ1n) is 9.32. The van der Waals surface area contributed by atoms with Crippen molar-refractivity contribution in [3.05, 3.63) is 35.4 Å². The molecule has 0 heterocycles. The number of rotatable bonds is 3. The molecule has 1 N–H and O–H groups in total. The van der Waals surface area contributed by atoms with Crippen LogP contribution in [0.15, 0.2) is 29.8 Å². The van der Waals surface area contributed by atoms with E-state index in [1.165, 1.54) is 31.3 Å². The van der Waals surface area contributed by atoms with Crippen molar-refractivity contribution < 1.29 is 9.84 Å². The Morgan fingerprint density at radius 1 is 1.12 bits per heavy atom. The highest BCUT2D eigenvalue weighted by atomic mass is 16.5. The fraction of sp³-hybridized carbons (Fsp3) is 0.636. The van der Waals surface area contributed by atoms with Gasteiger partial charge in [-0.1, -0.05) is 38.8 Å². The third-order valence-electron chi connectivity index (χ3n) is 6.75. The Morgan fingerprint density at radius 2 is 1.88 bits per heavy atom. The van der Waals surface area contributed by atoms with Gasteiger partial charge in [0.05, 0.1) is 6.61 Å². The predicted octanol–water partition coefficient (Wildman–Crippen LogP) is 5.88. The van der Waals surface area contributed by atoms with E-state index >= 15 is 0 Å². The minimum atomic E-state index is 0.281. The first-order chi connectivity index (χ1) is 11.2. The lowest BCUT2D eigenvalue weighted by Gasteiger charge is -2.56. The number of aromatic hydroxyl groups is 1. The third-order valence-corrected chi connectivity index (χ3v) is 6.75. The fourth-order valence-electron chi connectivity index (χ4n) is 5.45. The van der Waals surface area contributed by atoms with Crippen LogP contribution in [0.2, 0.25) is 0 Å². The van der Waals surface area contributed by atoms with Gasteiger partial charge in [0.25, 0.3) is 0 Å². The van der Waals surface area contributed by atoms with Gasteiger partial charge in [0.2, 0.25) is 0 Å². The standard InChI is InChI=1S/C22H32O2/c1-15-11-17(23)13-18(12-15)24-14-19-16(2)7-8-20-21(3,4)9-6-10-22(19,20)5/h7,11-13,19-20,23H,6,8-10,14H2,1-5H3/t19-,20?,22+/m0/s1. The first kappa shape index (κ1) is 17.4. The summed E-state index contributed by atoms with van der Waals surface area (Å²) in [6.45, 7) is 12.3. The molecule has 3 atom stereocenters. The van der Waals surface area contributed by atoms with Crippen molar-refractivity contribution in [2.75, 3.05) is 6.61 Å². The molecule has 1 aromatic carbocycles. The van der Waals surface area contributed by atoms with Crippen molar-refractivity contribution in [1.29, 1.82) is 0 Å². The Labute approximate surface area is 146 Å². The van der Waals surface area contributed by atoms with E-state index in [4.69, 9.17) is 4.74 Å².